The number of rotatable bonds is 6. The number of hydrogen-bond donors (Lipinski definition) is 1. The van der Waals surface area contributed by atoms with Crippen LogP contribution in [0, 0.1) is 6.92 Å². The first-order valence-electron chi connectivity index (χ1n) is 7.85. The van der Waals surface area contributed by atoms with Gasteiger partial charge < -0.3 is 10.1 Å². The van der Waals surface area contributed by atoms with Gasteiger partial charge in [-0.2, -0.15) is 0 Å². The summed E-state index contributed by atoms with van der Waals surface area (Å²) in [4.78, 5) is 12.5. The first kappa shape index (κ1) is 19.0. The smallest absolute Gasteiger partial charge is 0.243 e. The third kappa shape index (κ3) is 4.62. The average Bonchev–Trinajstić information content (AvgIpc) is 3.00. The van der Waals surface area contributed by atoms with Gasteiger partial charge in [0.15, 0.2) is 0 Å². The number of ether oxygens (including phenoxy) is 1. The van der Waals surface area contributed by atoms with E-state index in [9.17, 15) is 13.2 Å². The molecule has 24 heavy (non-hydrogen) atoms. The number of benzene rings is 1. The van der Waals surface area contributed by atoms with Crippen LogP contribution in [0.1, 0.15) is 25.3 Å². The second kappa shape index (κ2) is 7.72. The number of carbonyl (C=O) groups is 1. The van der Waals surface area contributed by atoms with E-state index in [1.165, 1.54) is 0 Å². The van der Waals surface area contributed by atoms with Crippen LogP contribution < -0.4 is 9.62 Å². The van der Waals surface area contributed by atoms with Crippen molar-refractivity contribution in [1.82, 2.24) is 5.32 Å². The summed E-state index contributed by atoms with van der Waals surface area (Å²) in [5, 5.41) is 3.19. The van der Waals surface area contributed by atoms with Crippen molar-refractivity contribution in [2.75, 3.05) is 23.7 Å². The first-order chi connectivity index (χ1) is 11.2. The monoisotopic (exact) mass is 374 g/mol. The van der Waals surface area contributed by atoms with Crippen molar-refractivity contribution in [3.05, 3.63) is 28.8 Å². The SMILES string of the molecule is Cc1ccc(Cl)cc1N(C(C)C(=O)NCC1CCCO1)S(C)(=O)=O. The molecule has 1 fully saturated rings. The summed E-state index contributed by atoms with van der Waals surface area (Å²) in [7, 11) is -3.66. The maximum absolute atomic E-state index is 12.5. The van der Waals surface area contributed by atoms with Gasteiger partial charge in [-0.1, -0.05) is 17.7 Å². The fraction of sp³-hybridized carbons (Fsp3) is 0.562. The van der Waals surface area contributed by atoms with Gasteiger partial charge in [-0.05, 0) is 44.4 Å². The van der Waals surface area contributed by atoms with E-state index in [2.05, 4.69) is 5.32 Å². The third-order valence-corrected chi connectivity index (χ3v) is 5.49. The summed E-state index contributed by atoms with van der Waals surface area (Å²) in [5.74, 6) is -0.365. The Morgan fingerprint density at radius 2 is 2.21 bits per heavy atom. The Bertz CT molecular complexity index is 702. The van der Waals surface area contributed by atoms with Crippen molar-refractivity contribution >= 4 is 33.2 Å². The van der Waals surface area contributed by atoms with E-state index in [0.29, 0.717) is 23.9 Å². The minimum Gasteiger partial charge on any atom is -0.376 e. The Morgan fingerprint density at radius 3 is 2.79 bits per heavy atom. The van der Waals surface area contributed by atoms with Crippen molar-refractivity contribution < 1.29 is 17.9 Å². The van der Waals surface area contributed by atoms with Gasteiger partial charge in [0.2, 0.25) is 15.9 Å². The molecule has 1 aromatic rings. The van der Waals surface area contributed by atoms with E-state index in [-0.39, 0.29) is 12.0 Å². The number of sulfonamides is 1. The molecule has 0 radical (unpaired) electrons. The molecule has 6 nitrogen and oxygen atoms in total. The van der Waals surface area contributed by atoms with Gasteiger partial charge >= 0.3 is 0 Å². The van der Waals surface area contributed by atoms with Crippen molar-refractivity contribution in [3.63, 3.8) is 0 Å². The van der Waals surface area contributed by atoms with E-state index in [4.69, 9.17) is 16.3 Å². The van der Waals surface area contributed by atoms with Gasteiger partial charge in [0.1, 0.15) is 6.04 Å². The van der Waals surface area contributed by atoms with Crippen LogP contribution in [0.4, 0.5) is 5.69 Å². The first-order valence-corrected chi connectivity index (χ1v) is 10.1. The highest BCUT2D eigenvalue weighted by Crippen LogP contribution is 2.28. The van der Waals surface area contributed by atoms with Crippen molar-refractivity contribution in [1.29, 1.82) is 0 Å². The van der Waals surface area contributed by atoms with Crippen LogP contribution in [0.15, 0.2) is 18.2 Å². The fourth-order valence-corrected chi connectivity index (χ4v) is 4.16. The van der Waals surface area contributed by atoms with Gasteiger partial charge in [-0.3, -0.25) is 9.10 Å². The Hall–Kier alpha value is -1.31. The number of hydrogen-bond acceptors (Lipinski definition) is 4. The second-order valence-corrected chi connectivity index (χ2v) is 8.34. The summed E-state index contributed by atoms with van der Waals surface area (Å²) < 4.78 is 31.1. The van der Waals surface area contributed by atoms with Crippen molar-refractivity contribution in [2.24, 2.45) is 0 Å². The van der Waals surface area contributed by atoms with Crippen LogP contribution in [0.5, 0.6) is 0 Å². The molecule has 0 spiro atoms. The summed E-state index contributed by atoms with van der Waals surface area (Å²) in [6, 6.07) is 4.08. The minimum atomic E-state index is -3.66. The number of aryl methyl sites for hydroxylation is 1. The Balaban J connectivity index is 2.20. The maximum atomic E-state index is 12.5. The standard InChI is InChI=1S/C16H23ClN2O4S/c1-11-6-7-13(17)9-15(11)19(24(3,21)22)12(2)16(20)18-10-14-5-4-8-23-14/h6-7,9,12,14H,4-5,8,10H2,1-3H3,(H,18,20). The molecular weight excluding hydrogens is 352 g/mol. The zero-order valence-electron chi connectivity index (χ0n) is 14.1. The Labute approximate surface area is 148 Å². The number of carbonyl (C=O) groups excluding carboxylic acids is 1. The van der Waals surface area contributed by atoms with Gasteiger partial charge in [0.05, 0.1) is 18.0 Å². The second-order valence-electron chi connectivity index (χ2n) is 6.05. The molecule has 1 aromatic carbocycles. The maximum Gasteiger partial charge on any atom is 0.243 e. The summed E-state index contributed by atoms with van der Waals surface area (Å²) in [5.41, 5.74) is 1.13. The van der Waals surface area contributed by atoms with E-state index >= 15 is 0 Å². The quantitative estimate of drug-likeness (QED) is 0.827. The molecular formula is C16H23ClN2O4S. The van der Waals surface area contributed by atoms with Gasteiger partial charge in [0.25, 0.3) is 0 Å². The molecule has 134 valence electrons. The third-order valence-electron chi connectivity index (χ3n) is 4.03. The zero-order chi connectivity index (χ0) is 17.9. The van der Waals surface area contributed by atoms with Crippen LogP contribution >= 0.6 is 11.6 Å². The number of nitrogens with zero attached hydrogens (tertiary/aromatic N) is 1. The largest absolute Gasteiger partial charge is 0.376 e. The molecule has 0 bridgehead atoms. The number of nitrogens with one attached hydrogen (secondary N) is 1. The van der Waals surface area contributed by atoms with E-state index < -0.39 is 16.1 Å². The van der Waals surface area contributed by atoms with Crippen LogP contribution in [0.25, 0.3) is 0 Å². The van der Waals surface area contributed by atoms with Crippen LogP contribution in [-0.2, 0) is 19.6 Å². The molecule has 1 amide bonds. The molecule has 1 N–H and O–H groups in total. The normalized spacial score (nSPS) is 19.1. The van der Waals surface area contributed by atoms with E-state index in [1.54, 1.807) is 32.0 Å². The molecule has 0 saturated carbocycles. The Morgan fingerprint density at radius 1 is 1.50 bits per heavy atom. The van der Waals surface area contributed by atoms with Crippen LogP contribution in [-0.4, -0.2) is 45.9 Å². The van der Waals surface area contributed by atoms with Crippen LogP contribution in [0.2, 0.25) is 5.02 Å². The number of anilines is 1. The van der Waals surface area contributed by atoms with Crippen LogP contribution in [0.3, 0.4) is 0 Å². The summed E-state index contributed by atoms with van der Waals surface area (Å²) in [6.45, 7) is 4.43. The highest BCUT2D eigenvalue weighted by Gasteiger charge is 2.30. The van der Waals surface area contributed by atoms with Gasteiger partial charge in [-0.15, -0.1) is 0 Å². The molecule has 2 unspecified atom stereocenters. The van der Waals surface area contributed by atoms with Gasteiger partial charge in [0, 0.05) is 18.2 Å². The molecule has 1 aliphatic rings. The summed E-state index contributed by atoms with van der Waals surface area (Å²) >= 11 is 6.00. The lowest BCUT2D eigenvalue weighted by atomic mass is 10.1. The molecule has 2 rings (SSSR count). The molecule has 1 aliphatic heterocycles. The minimum absolute atomic E-state index is 0.000685. The summed E-state index contributed by atoms with van der Waals surface area (Å²) in [6.07, 6.45) is 2.96. The average molecular weight is 375 g/mol. The van der Waals surface area contributed by atoms with Gasteiger partial charge in [-0.25, -0.2) is 8.42 Å². The Kier molecular flexibility index (Phi) is 6.11. The lowest BCUT2D eigenvalue weighted by Gasteiger charge is -2.29. The van der Waals surface area contributed by atoms with E-state index in [1.807, 2.05) is 0 Å². The number of halogens is 1. The highest BCUT2D eigenvalue weighted by atomic mass is 35.5. The predicted octanol–water partition coefficient (Wildman–Crippen LogP) is 2.10. The fourth-order valence-electron chi connectivity index (χ4n) is 2.77. The van der Waals surface area contributed by atoms with Crippen molar-refractivity contribution in [2.45, 2.75) is 38.8 Å². The molecule has 0 aromatic heterocycles. The predicted molar refractivity (Wildman–Crippen MR) is 95.0 cm³/mol. The zero-order valence-corrected chi connectivity index (χ0v) is 15.7. The molecule has 8 heteroatoms. The molecule has 1 saturated heterocycles. The molecule has 0 aliphatic carbocycles. The lowest BCUT2D eigenvalue weighted by molar-refractivity contribution is -0.122. The highest BCUT2D eigenvalue weighted by molar-refractivity contribution is 7.92. The van der Waals surface area contributed by atoms with Crippen molar-refractivity contribution in [3.8, 4) is 0 Å². The van der Waals surface area contributed by atoms with E-state index in [0.717, 1.165) is 29.0 Å². The molecule has 2 atom stereocenters. The molecule has 1 heterocycles. The number of amides is 1. The topological polar surface area (TPSA) is 75.7 Å². The lowest BCUT2D eigenvalue weighted by Crippen LogP contribution is -2.49.